The van der Waals surface area contributed by atoms with E-state index in [1.54, 1.807) is 36.4 Å². The number of nitriles is 1. The Morgan fingerprint density at radius 2 is 1.70 bits per heavy atom. The van der Waals surface area contributed by atoms with Crippen LogP contribution < -0.4 is 10.6 Å². The van der Waals surface area contributed by atoms with Gasteiger partial charge in [0.25, 0.3) is 11.8 Å². The number of allylic oxidation sites excluding steroid dienone is 1. The molecule has 0 spiro atoms. The molecule has 3 N–H and O–H groups in total. The number of hydrogen-bond acceptors (Lipinski definition) is 6. The van der Waals surface area contributed by atoms with Crippen molar-refractivity contribution >= 4 is 23.6 Å². The van der Waals surface area contributed by atoms with Crippen molar-refractivity contribution in [3.63, 3.8) is 0 Å². The Hall–Kier alpha value is -5.15. The van der Waals surface area contributed by atoms with Crippen LogP contribution in [0.2, 0.25) is 0 Å². The van der Waals surface area contributed by atoms with E-state index >= 15 is 0 Å². The summed E-state index contributed by atoms with van der Waals surface area (Å²) in [6, 6.07) is 18.2. The van der Waals surface area contributed by atoms with Crippen molar-refractivity contribution in [1.82, 2.24) is 10.2 Å². The van der Waals surface area contributed by atoms with Gasteiger partial charge in [0, 0.05) is 43.7 Å². The van der Waals surface area contributed by atoms with Crippen LogP contribution >= 0.6 is 0 Å². The zero-order valence-corrected chi connectivity index (χ0v) is 25.3. The molecule has 0 aliphatic carbocycles. The Bertz CT molecular complexity index is 1690. The molecule has 0 aromatic heterocycles. The molecule has 240 valence electrons. The average Bonchev–Trinajstić information content (AvgIpc) is 3.03. The van der Waals surface area contributed by atoms with E-state index < -0.39 is 40.8 Å². The van der Waals surface area contributed by atoms with Gasteiger partial charge in [-0.25, -0.2) is 4.79 Å². The number of carbonyl (C=O) groups is 3. The number of benzene rings is 3. The molecular weight excluding hydrogens is 601 g/mol. The van der Waals surface area contributed by atoms with Gasteiger partial charge in [-0.2, -0.15) is 18.4 Å². The highest BCUT2D eigenvalue weighted by Gasteiger charge is 2.46. The lowest BCUT2D eigenvalue weighted by molar-refractivity contribution is -0.142. The monoisotopic (exact) mass is 634 g/mol. The van der Waals surface area contributed by atoms with E-state index in [-0.39, 0.29) is 49.7 Å². The van der Waals surface area contributed by atoms with Crippen LogP contribution in [0.25, 0.3) is 11.1 Å². The van der Waals surface area contributed by atoms with Crippen LogP contribution in [0.4, 0.5) is 23.7 Å². The number of anilines is 1. The van der Waals surface area contributed by atoms with Crippen molar-refractivity contribution < 1.29 is 37.4 Å². The van der Waals surface area contributed by atoms with Gasteiger partial charge in [-0.1, -0.05) is 43.0 Å². The molecule has 3 aromatic carbocycles. The second-order valence-electron chi connectivity index (χ2n) is 11.1. The summed E-state index contributed by atoms with van der Waals surface area (Å²) in [4.78, 5) is 39.9. The molecule has 3 amide bonds. The van der Waals surface area contributed by atoms with E-state index in [4.69, 9.17) is 10.00 Å². The van der Waals surface area contributed by atoms with Gasteiger partial charge < -0.3 is 25.4 Å². The third-order valence-electron chi connectivity index (χ3n) is 7.87. The molecule has 0 radical (unpaired) electrons. The fraction of sp³-hybridized carbons (Fsp3) is 0.294. The summed E-state index contributed by atoms with van der Waals surface area (Å²) in [7, 11) is 1.53. The zero-order chi connectivity index (χ0) is 33.6. The van der Waals surface area contributed by atoms with Gasteiger partial charge in [-0.15, -0.1) is 0 Å². The summed E-state index contributed by atoms with van der Waals surface area (Å²) in [5, 5.41) is 26.3. The molecule has 1 heterocycles. The lowest BCUT2D eigenvalue weighted by Gasteiger charge is -2.40. The topological polar surface area (TPSA) is 132 Å². The molecule has 12 heteroatoms. The predicted molar refractivity (Wildman–Crippen MR) is 164 cm³/mol. The minimum atomic E-state index is -4.84. The SMILES string of the molecule is C=C(C)OC(=O)N1CCC(C(O)(Cc2cccc(-c3cccc(C(=O)NC)c3)c2)C(=O)Nc2ccc(C#N)c(C(F)(F)F)c2)CC1. The van der Waals surface area contributed by atoms with E-state index in [9.17, 15) is 32.7 Å². The van der Waals surface area contributed by atoms with E-state index in [0.29, 0.717) is 22.8 Å². The number of likely N-dealkylation sites (tertiary alicyclic amines) is 1. The standard InChI is InChI=1S/C34H33F3N4O5/c1-21(2)46-32(44)41-14-12-27(13-15-41)33(45,31(43)40-28-11-10-26(20-38)29(18-28)34(35,36)37)19-22-6-4-7-23(16-22)24-8-5-9-25(17-24)30(42)39-3/h4-11,16-18,27,45H,1,12-15,19H2,2-3H3,(H,39,42)(H,40,43). The number of amides is 3. The van der Waals surface area contributed by atoms with Crippen LogP contribution in [0.15, 0.2) is 79.1 Å². The third-order valence-corrected chi connectivity index (χ3v) is 7.87. The maximum absolute atomic E-state index is 13.9. The summed E-state index contributed by atoms with van der Waals surface area (Å²) < 4.78 is 46.0. The van der Waals surface area contributed by atoms with Crippen LogP contribution in [0.1, 0.15) is 46.8 Å². The number of alkyl halides is 3. The number of carbonyl (C=O) groups excluding carboxylic acids is 3. The summed E-state index contributed by atoms with van der Waals surface area (Å²) in [6.07, 6.45) is -5.26. The van der Waals surface area contributed by atoms with Crippen LogP contribution in [0.5, 0.6) is 0 Å². The van der Waals surface area contributed by atoms with Crippen molar-refractivity contribution in [2.45, 2.75) is 38.0 Å². The molecule has 1 atom stereocenters. The van der Waals surface area contributed by atoms with E-state index in [2.05, 4.69) is 17.2 Å². The summed E-state index contributed by atoms with van der Waals surface area (Å²) in [5.74, 6) is -1.68. The van der Waals surface area contributed by atoms with Gasteiger partial charge in [-0.05, 0) is 66.8 Å². The molecule has 0 saturated carbocycles. The minimum absolute atomic E-state index is 0.160. The Morgan fingerprint density at radius 3 is 2.30 bits per heavy atom. The van der Waals surface area contributed by atoms with Gasteiger partial charge in [0.05, 0.1) is 23.0 Å². The number of nitrogens with one attached hydrogen (secondary N) is 2. The smallest absolute Gasteiger partial charge is 0.416 e. The van der Waals surface area contributed by atoms with Gasteiger partial charge in [-0.3, -0.25) is 9.59 Å². The van der Waals surface area contributed by atoms with E-state index in [1.807, 2.05) is 12.1 Å². The van der Waals surface area contributed by atoms with Crippen molar-refractivity contribution in [2.24, 2.45) is 5.92 Å². The van der Waals surface area contributed by atoms with Gasteiger partial charge in [0.15, 0.2) is 0 Å². The fourth-order valence-corrected chi connectivity index (χ4v) is 5.51. The first-order valence-corrected chi connectivity index (χ1v) is 14.4. The Balaban J connectivity index is 1.67. The van der Waals surface area contributed by atoms with Crippen molar-refractivity contribution in [3.05, 3.63) is 101 Å². The average molecular weight is 635 g/mol. The Labute approximate surface area is 264 Å². The van der Waals surface area contributed by atoms with Gasteiger partial charge >= 0.3 is 12.3 Å². The van der Waals surface area contributed by atoms with Gasteiger partial charge in [0.2, 0.25) is 0 Å². The highest BCUT2D eigenvalue weighted by atomic mass is 19.4. The van der Waals surface area contributed by atoms with Crippen LogP contribution in [-0.2, 0) is 22.1 Å². The maximum atomic E-state index is 13.9. The second-order valence-corrected chi connectivity index (χ2v) is 11.1. The molecule has 1 aliphatic heterocycles. The van der Waals surface area contributed by atoms with E-state index in [0.717, 1.165) is 11.6 Å². The van der Waals surface area contributed by atoms with Crippen molar-refractivity contribution in [2.75, 3.05) is 25.5 Å². The summed E-state index contributed by atoms with van der Waals surface area (Å²) >= 11 is 0. The fourth-order valence-electron chi connectivity index (χ4n) is 5.51. The Morgan fingerprint density at radius 1 is 1.04 bits per heavy atom. The molecule has 1 unspecified atom stereocenters. The van der Waals surface area contributed by atoms with Crippen LogP contribution in [0, 0.1) is 17.2 Å². The third kappa shape index (κ3) is 7.73. The largest absolute Gasteiger partial charge is 0.417 e. The number of aliphatic hydroxyl groups is 1. The Kier molecular flexibility index (Phi) is 10.2. The molecular formula is C34H33F3N4O5. The first-order chi connectivity index (χ1) is 21.7. The first kappa shape index (κ1) is 33.7. The second kappa shape index (κ2) is 13.9. The minimum Gasteiger partial charge on any atom is -0.416 e. The molecule has 1 saturated heterocycles. The summed E-state index contributed by atoms with van der Waals surface area (Å²) in [5.41, 5.74) is -1.74. The number of rotatable bonds is 8. The van der Waals surface area contributed by atoms with Crippen LogP contribution in [0.3, 0.4) is 0 Å². The molecule has 46 heavy (non-hydrogen) atoms. The normalized spacial score (nSPS) is 14.8. The van der Waals surface area contributed by atoms with Crippen molar-refractivity contribution in [3.8, 4) is 17.2 Å². The molecule has 9 nitrogen and oxygen atoms in total. The van der Waals surface area contributed by atoms with Gasteiger partial charge in [0.1, 0.15) is 5.60 Å². The number of hydrogen-bond donors (Lipinski definition) is 3. The maximum Gasteiger partial charge on any atom is 0.417 e. The number of halogens is 3. The molecule has 1 aliphatic rings. The van der Waals surface area contributed by atoms with Crippen LogP contribution in [-0.4, -0.2) is 53.7 Å². The quantitative estimate of drug-likeness (QED) is 0.265. The molecule has 3 aromatic rings. The molecule has 1 fully saturated rings. The number of piperidine rings is 1. The highest BCUT2D eigenvalue weighted by molar-refractivity contribution is 5.98. The molecule has 4 rings (SSSR count). The van der Waals surface area contributed by atoms with E-state index in [1.165, 1.54) is 31.0 Å². The summed E-state index contributed by atoms with van der Waals surface area (Å²) in [6.45, 7) is 5.41. The lowest BCUT2D eigenvalue weighted by atomic mass is 9.76. The van der Waals surface area contributed by atoms with Crippen molar-refractivity contribution in [1.29, 1.82) is 5.26 Å². The zero-order valence-electron chi connectivity index (χ0n) is 25.3. The predicted octanol–water partition coefficient (Wildman–Crippen LogP) is 5.90. The number of ether oxygens (including phenoxy) is 1. The lowest BCUT2D eigenvalue weighted by Crippen LogP contribution is -2.54. The highest BCUT2D eigenvalue weighted by Crippen LogP contribution is 2.36. The first-order valence-electron chi connectivity index (χ1n) is 14.4. The molecule has 0 bridgehead atoms. The number of nitrogens with zero attached hydrogens (tertiary/aromatic N) is 2.